The van der Waals surface area contributed by atoms with Gasteiger partial charge in [-0.15, -0.1) is 11.3 Å². The van der Waals surface area contributed by atoms with Crippen molar-refractivity contribution in [2.45, 2.75) is 0 Å². The van der Waals surface area contributed by atoms with Crippen LogP contribution in [0.1, 0.15) is 0 Å². The number of benzene rings is 6. The van der Waals surface area contributed by atoms with Crippen LogP contribution in [-0.2, 0) is 0 Å². The molecular weight excluding hydrogens is 633 g/mol. The van der Waals surface area contributed by atoms with Crippen LogP contribution in [0.4, 0.5) is 0 Å². The van der Waals surface area contributed by atoms with Crippen LogP contribution >= 0.6 is 11.3 Å². The van der Waals surface area contributed by atoms with Gasteiger partial charge in [0, 0.05) is 20.2 Å². The molecule has 0 radical (unpaired) electrons. The molecular formula is C40H24N4O4S. The van der Waals surface area contributed by atoms with Crippen LogP contribution in [0.15, 0.2) is 165 Å². The van der Waals surface area contributed by atoms with Crippen molar-refractivity contribution in [3.63, 3.8) is 0 Å². The predicted molar refractivity (Wildman–Crippen MR) is 197 cm³/mol. The summed E-state index contributed by atoms with van der Waals surface area (Å²) >= 11 is 1.55. The van der Waals surface area contributed by atoms with Gasteiger partial charge in [0.15, 0.2) is 0 Å². The van der Waals surface area contributed by atoms with Crippen molar-refractivity contribution in [2.24, 2.45) is 0 Å². The van der Waals surface area contributed by atoms with E-state index in [2.05, 4.69) is 0 Å². The van der Waals surface area contributed by atoms with Gasteiger partial charge < -0.3 is 0 Å². The van der Waals surface area contributed by atoms with E-state index in [1.54, 1.807) is 69.0 Å². The number of aromatic nitrogens is 4. The molecule has 0 atom stereocenters. The Morgan fingerprint density at radius 1 is 0.347 bits per heavy atom. The topological polar surface area (TPSA) is 88.0 Å². The van der Waals surface area contributed by atoms with Crippen LogP contribution in [0.3, 0.4) is 0 Å². The van der Waals surface area contributed by atoms with Crippen LogP contribution in [-0.4, -0.2) is 18.3 Å². The van der Waals surface area contributed by atoms with Crippen molar-refractivity contribution < 1.29 is 0 Å². The minimum absolute atomic E-state index is 0.411. The highest BCUT2D eigenvalue weighted by Crippen LogP contribution is 2.36. The Morgan fingerprint density at radius 3 is 1.16 bits per heavy atom. The van der Waals surface area contributed by atoms with E-state index in [0.29, 0.717) is 44.6 Å². The van der Waals surface area contributed by atoms with E-state index >= 15 is 0 Å². The highest BCUT2D eigenvalue weighted by Gasteiger charge is 2.19. The molecule has 0 unspecified atom stereocenters. The fourth-order valence-electron chi connectivity index (χ4n) is 6.66. The van der Waals surface area contributed by atoms with E-state index < -0.39 is 22.5 Å². The van der Waals surface area contributed by atoms with Crippen molar-refractivity contribution in [3.05, 3.63) is 187 Å². The number of rotatable bonds is 4. The van der Waals surface area contributed by atoms with Crippen molar-refractivity contribution >= 4 is 53.3 Å². The standard InChI is InChI=1S/C40H24N4O4S/c45-37-29-15-7-9-17-33(29)41(25-11-3-1-4-12-25)39(47)43(37)27-19-21-35-31(23-27)32-24-28(20-22-36(32)49-35)44-38(46)30-16-8-10-18-34(30)42(40(44)48)26-13-5-2-6-14-26/h1-24H. The molecule has 49 heavy (non-hydrogen) atoms. The van der Waals surface area contributed by atoms with E-state index in [1.165, 1.54) is 9.13 Å². The fourth-order valence-corrected chi connectivity index (χ4v) is 7.73. The number of fused-ring (bicyclic) bond motifs is 5. The molecule has 3 aromatic heterocycles. The summed E-state index contributed by atoms with van der Waals surface area (Å²) in [6, 6.07) is 43.7. The summed E-state index contributed by atoms with van der Waals surface area (Å²) in [5.41, 5.74) is 1.35. The fraction of sp³-hybridized carbons (Fsp3) is 0. The summed E-state index contributed by atoms with van der Waals surface area (Å²) < 4.78 is 7.37. The van der Waals surface area contributed by atoms with E-state index in [1.807, 2.05) is 97.1 Å². The molecule has 0 aliphatic carbocycles. The summed E-state index contributed by atoms with van der Waals surface area (Å²) in [6.07, 6.45) is 0. The summed E-state index contributed by atoms with van der Waals surface area (Å²) in [5.74, 6) is 0. The molecule has 3 heterocycles. The summed E-state index contributed by atoms with van der Waals surface area (Å²) in [6.45, 7) is 0. The molecule has 0 saturated carbocycles. The third-order valence-electron chi connectivity index (χ3n) is 8.90. The zero-order valence-electron chi connectivity index (χ0n) is 25.7. The predicted octanol–water partition coefficient (Wildman–Crippen LogP) is 6.96. The molecule has 0 bridgehead atoms. The largest absolute Gasteiger partial charge is 0.340 e. The van der Waals surface area contributed by atoms with Gasteiger partial charge in [-0.05, 0) is 84.9 Å². The van der Waals surface area contributed by atoms with Gasteiger partial charge in [0.25, 0.3) is 11.1 Å². The molecule has 9 heteroatoms. The second kappa shape index (κ2) is 11.0. The normalized spacial score (nSPS) is 11.6. The van der Waals surface area contributed by atoms with E-state index in [-0.39, 0.29) is 0 Å². The Balaban J connectivity index is 1.29. The Hall–Kier alpha value is -6.58. The molecule has 0 saturated heterocycles. The molecule has 0 amide bonds. The molecule has 0 aliphatic heterocycles. The quantitative estimate of drug-likeness (QED) is 0.205. The van der Waals surface area contributed by atoms with E-state index in [4.69, 9.17) is 0 Å². The van der Waals surface area contributed by atoms with Gasteiger partial charge in [-0.3, -0.25) is 18.7 Å². The smallest absolute Gasteiger partial charge is 0.268 e. The molecule has 0 spiro atoms. The van der Waals surface area contributed by atoms with E-state index in [0.717, 1.165) is 20.2 Å². The number of thiophene rings is 1. The maximum absolute atomic E-state index is 14.2. The average molecular weight is 657 g/mol. The van der Waals surface area contributed by atoms with Crippen molar-refractivity contribution in [1.29, 1.82) is 0 Å². The number of hydrogen-bond donors (Lipinski definition) is 0. The molecule has 0 aliphatic rings. The molecule has 6 aromatic carbocycles. The SMILES string of the molecule is O=c1c2ccccc2n(-c2ccccc2)c(=O)n1-c1ccc2sc3ccc(-n4c(=O)c5ccccc5n(-c5ccccc5)c4=O)cc3c2c1. The number of para-hydroxylation sites is 4. The van der Waals surface area contributed by atoms with Crippen LogP contribution in [0.25, 0.3) is 64.7 Å². The molecule has 9 rings (SSSR count). The van der Waals surface area contributed by atoms with Crippen LogP contribution in [0.5, 0.6) is 0 Å². The van der Waals surface area contributed by atoms with Gasteiger partial charge in [0.1, 0.15) is 0 Å². The van der Waals surface area contributed by atoms with Gasteiger partial charge in [0.2, 0.25) is 0 Å². The molecule has 0 fully saturated rings. The Labute approximate surface area is 280 Å². The minimum atomic E-state index is -0.487. The highest BCUT2D eigenvalue weighted by atomic mass is 32.1. The van der Waals surface area contributed by atoms with Crippen LogP contribution in [0.2, 0.25) is 0 Å². The Kier molecular flexibility index (Phi) is 6.43. The first-order chi connectivity index (χ1) is 24.0. The average Bonchev–Trinajstić information content (AvgIpc) is 3.50. The monoisotopic (exact) mass is 656 g/mol. The lowest BCUT2D eigenvalue weighted by molar-refractivity contribution is 0.835. The van der Waals surface area contributed by atoms with Gasteiger partial charge in [0.05, 0.1) is 44.6 Å². The van der Waals surface area contributed by atoms with Gasteiger partial charge in [-0.1, -0.05) is 60.7 Å². The zero-order valence-corrected chi connectivity index (χ0v) is 26.5. The lowest BCUT2D eigenvalue weighted by Gasteiger charge is -2.15. The van der Waals surface area contributed by atoms with E-state index in [9.17, 15) is 19.2 Å². The lowest BCUT2D eigenvalue weighted by atomic mass is 10.1. The molecule has 8 nitrogen and oxygen atoms in total. The molecule has 234 valence electrons. The summed E-state index contributed by atoms with van der Waals surface area (Å²) in [7, 11) is 0. The molecule has 0 N–H and O–H groups in total. The Bertz CT molecular complexity index is 2820. The van der Waals surface area contributed by atoms with Gasteiger partial charge in [-0.2, -0.15) is 0 Å². The lowest BCUT2D eigenvalue weighted by Crippen LogP contribution is -2.38. The van der Waals surface area contributed by atoms with Crippen molar-refractivity contribution in [2.75, 3.05) is 0 Å². The number of hydrogen-bond acceptors (Lipinski definition) is 5. The first kappa shape index (κ1) is 28.6. The maximum Gasteiger partial charge on any atom is 0.340 e. The van der Waals surface area contributed by atoms with Crippen LogP contribution in [0, 0.1) is 0 Å². The first-order valence-corrected chi connectivity index (χ1v) is 16.4. The third-order valence-corrected chi connectivity index (χ3v) is 10.1. The highest BCUT2D eigenvalue weighted by molar-refractivity contribution is 7.25. The number of nitrogens with zero attached hydrogens (tertiary/aromatic N) is 4. The summed E-state index contributed by atoms with van der Waals surface area (Å²) in [5, 5.41) is 2.41. The second-order valence-electron chi connectivity index (χ2n) is 11.7. The first-order valence-electron chi connectivity index (χ1n) is 15.6. The van der Waals surface area contributed by atoms with Gasteiger partial charge in [-0.25, -0.2) is 18.7 Å². The maximum atomic E-state index is 14.2. The van der Waals surface area contributed by atoms with Gasteiger partial charge >= 0.3 is 11.4 Å². The van der Waals surface area contributed by atoms with Crippen molar-refractivity contribution in [3.8, 4) is 22.7 Å². The Morgan fingerprint density at radius 2 is 0.735 bits per heavy atom. The minimum Gasteiger partial charge on any atom is -0.268 e. The van der Waals surface area contributed by atoms with Crippen molar-refractivity contribution in [1.82, 2.24) is 18.3 Å². The molecule has 9 aromatic rings. The summed E-state index contributed by atoms with van der Waals surface area (Å²) in [4.78, 5) is 56.2. The zero-order chi connectivity index (χ0) is 33.2. The second-order valence-corrected chi connectivity index (χ2v) is 12.8. The third kappa shape index (κ3) is 4.37. The van der Waals surface area contributed by atoms with Crippen LogP contribution < -0.4 is 22.5 Å².